The molecule has 0 bridgehead atoms. The minimum atomic E-state index is 0.204. The molecule has 0 aliphatic heterocycles. The normalized spacial score (nSPS) is 13.8. The maximum atomic E-state index is 5.23. The van der Waals surface area contributed by atoms with Crippen LogP contribution in [0.5, 0.6) is 5.75 Å². The van der Waals surface area contributed by atoms with E-state index in [9.17, 15) is 0 Å². The fourth-order valence-electron chi connectivity index (χ4n) is 3.18. The van der Waals surface area contributed by atoms with Crippen LogP contribution >= 0.6 is 11.8 Å². The number of nitrogens with one attached hydrogen (secondary N) is 1. The summed E-state index contributed by atoms with van der Waals surface area (Å²) in [7, 11) is 1.70. The first-order valence-corrected chi connectivity index (χ1v) is 10.9. The zero-order chi connectivity index (χ0) is 20.6. The highest BCUT2D eigenvalue weighted by molar-refractivity contribution is 7.99. The van der Waals surface area contributed by atoms with E-state index in [0.717, 1.165) is 25.1 Å². The van der Waals surface area contributed by atoms with Crippen molar-refractivity contribution in [2.24, 2.45) is 0 Å². The van der Waals surface area contributed by atoms with Crippen LogP contribution in [0.2, 0.25) is 0 Å². The Kier molecular flexibility index (Phi) is 8.65. The molecule has 2 unspecified atom stereocenters. The largest absolute Gasteiger partial charge is 0.497 e. The first-order valence-electron chi connectivity index (χ1n) is 10.1. The molecule has 2 nitrogen and oxygen atoms in total. The molecule has 0 saturated heterocycles. The molecule has 3 heteroatoms. The first-order chi connectivity index (χ1) is 13.3. The van der Waals surface area contributed by atoms with E-state index >= 15 is 0 Å². The number of thioether (sulfide) groups is 1. The fraction of sp³-hybridized carbons (Fsp3) is 0.440. The summed E-state index contributed by atoms with van der Waals surface area (Å²) >= 11 is 1.95. The van der Waals surface area contributed by atoms with Crippen molar-refractivity contribution in [2.45, 2.75) is 68.7 Å². The molecule has 28 heavy (non-hydrogen) atoms. The van der Waals surface area contributed by atoms with Gasteiger partial charge in [0.25, 0.3) is 0 Å². The van der Waals surface area contributed by atoms with E-state index in [1.807, 2.05) is 30.0 Å². The van der Waals surface area contributed by atoms with Gasteiger partial charge in [0.1, 0.15) is 5.75 Å². The third-order valence-electron chi connectivity index (χ3n) is 4.88. The summed E-state index contributed by atoms with van der Waals surface area (Å²) in [5.74, 6) is 0.897. The Morgan fingerprint density at radius 2 is 1.71 bits per heavy atom. The van der Waals surface area contributed by atoms with Crippen LogP contribution in [0, 0.1) is 0 Å². The van der Waals surface area contributed by atoms with Crippen LogP contribution in [0.1, 0.15) is 51.7 Å². The van der Waals surface area contributed by atoms with Crippen molar-refractivity contribution in [2.75, 3.05) is 7.11 Å². The molecule has 0 aliphatic rings. The molecule has 0 saturated carbocycles. The lowest BCUT2D eigenvalue weighted by Crippen LogP contribution is -2.30. The number of ether oxygens (including phenoxy) is 1. The van der Waals surface area contributed by atoms with Gasteiger partial charge >= 0.3 is 0 Å². The highest BCUT2D eigenvalue weighted by atomic mass is 32.2. The van der Waals surface area contributed by atoms with Crippen LogP contribution in [0.25, 0.3) is 0 Å². The number of hydrogen-bond acceptors (Lipinski definition) is 3. The van der Waals surface area contributed by atoms with Gasteiger partial charge in [0.2, 0.25) is 0 Å². The Hall–Kier alpha value is -1.71. The monoisotopic (exact) mass is 397 g/mol. The van der Waals surface area contributed by atoms with Gasteiger partial charge in [0.05, 0.1) is 7.11 Å². The van der Waals surface area contributed by atoms with Gasteiger partial charge in [0, 0.05) is 22.7 Å². The molecule has 2 aromatic rings. The summed E-state index contributed by atoms with van der Waals surface area (Å²) in [4.78, 5) is 1.34. The Morgan fingerprint density at radius 3 is 2.25 bits per heavy atom. The van der Waals surface area contributed by atoms with Crippen LogP contribution in [-0.2, 0) is 12.0 Å². The van der Waals surface area contributed by atoms with Gasteiger partial charge in [-0.1, -0.05) is 58.0 Å². The summed E-state index contributed by atoms with van der Waals surface area (Å²) < 4.78 is 5.23. The Labute approximate surface area is 175 Å². The molecule has 2 atom stereocenters. The molecule has 0 aliphatic carbocycles. The topological polar surface area (TPSA) is 21.3 Å². The Bertz CT molecular complexity index is 716. The minimum absolute atomic E-state index is 0.204. The highest BCUT2D eigenvalue weighted by Crippen LogP contribution is 2.29. The van der Waals surface area contributed by atoms with Gasteiger partial charge in [-0.15, -0.1) is 18.3 Å². The second-order valence-corrected chi connectivity index (χ2v) is 9.90. The molecule has 152 valence electrons. The summed E-state index contributed by atoms with van der Waals surface area (Å²) in [5, 5.41) is 4.23. The molecule has 0 fully saturated rings. The average molecular weight is 398 g/mol. The van der Waals surface area contributed by atoms with Gasteiger partial charge in [-0.3, -0.25) is 0 Å². The maximum absolute atomic E-state index is 5.23. The van der Waals surface area contributed by atoms with Crippen LogP contribution in [0.15, 0.2) is 66.1 Å². The van der Waals surface area contributed by atoms with Crippen LogP contribution in [0.4, 0.5) is 0 Å². The van der Waals surface area contributed by atoms with E-state index in [2.05, 4.69) is 76.0 Å². The molecule has 0 aromatic heterocycles. The zero-order valence-corrected chi connectivity index (χ0v) is 18.8. The lowest BCUT2D eigenvalue weighted by atomic mass is 9.87. The molecule has 1 N–H and O–H groups in total. The molecule has 2 aromatic carbocycles. The van der Waals surface area contributed by atoms with Crippen molar-refractivity contribution >= 4 is 11.8 Å². The molecule has 0 heterocycles. The number of benzene rings is 2. The highest BCUT2D eigenvalue weighted by Gasteiger charge is 2.15. The maximum Gasteiger partial charge on any atom is 0.118 e. The van der Waals surface area contributed by atoms with E-state index in [0.29, 0.717) is 11.3 Å². The van der Waals surface area contributed by atoms with Gasteiger partial charge in [0.15, 0.2) is 0 Å². The fourth-order valence-corrected chi connectivity index (χ4v) is 4.27. The SMILES string of the molecule is C=CCC(CC(C)Sc1ccc(C(C)(C)C)cc1)NCc1ccc(OC)cc1. The molecule has 0 amide bonds. The number of rotatable bonds is 10. The first kappa shape index (κ1) is 22.6. The molecule has 0 spiro atoms. The molecular formula is C25H35NOS. The average Bonchev–Trinajstić information content (AvgIpc) is 2.66. The van der Waals surface area contributed by atoms with E-state index in [1.165, 1.54) is 16.0 Å². The standard InChI is InChI=1S/C25H35NOS/c1-7-8-22(26-18-20-9-13-23(27-6)14-10-20)17-19(2)28-24-15-11-21(12-16-24)25(3,4)5/h7,9-16,19,22,26H,1,8,17-18H2,2-6H3. The summed E-state index contributed by atoms with van der Waals surface area (Å²) in [5.41, 5.74) is 2.86. The van der Waals surface area contributed by atoms with Crippen LogP contribution < -0.4 is 10.1 Å². The Balaban J connectivity index is 1.88. The van der Waals surface area contributed by atoms with Crippen molar-refractivity contribution in [3.63, 3.8) is 0 Å². The van der Waals surface area contributed by atoms with Gasteiger partial charge in [-0.05, 0) is 53.6 Å². The molecular weight excluding hydrogens is 362 g/mol. The third-order valence-corrected chi connectivity index (χ3v) is 6.02. The summed E-state index contributed by atoms with van der Waals surface area (Å²) in [6, 6.07) is 17.7. The van der Waals surface area contributed by atoms with Gasteiger partial charge < -0.3 is 10.1 Å². The lowest BCUT2D eigenvalue weighted by molar-refractivity contribution is 0.414. The van der Waals surface area contributed by atoms with Crippen molar-refractivity contribution in [1.82, 2.24) is 5.32 Å². The van der Waals surface area contributed by atoms with E-state index in [4.69, 9.17) is 4.74 Å². The summed E-state index contributed by atoms with van der Waals surface area (Å²) in [6.07, 6.45) is 4.10. The van der Waals surface area contributed by atoms with Crippen molar-refractivity contribution in [1.29, 1.82) is 0 Å². The zero-order valence-electron chi connectivity index (χ0n) is 18.0. The van der Waals surface area contributed by atoms with Crippen molar-refractivity contribution in [3.05, 3.63) is 72.3 Å². The predicted octanol–water partition coefficient (Wildman–Crippen LogP) is 6.60. The Morgan fingerprint density at radius 1 is 1.07 bits per heavy atom. The lowest BCUT2D eigenvalue weighted by Gasteiger charge is -2.22. The third kappa shape index (κ3) is 7.37. The second kappa shape index (κ2) is 10.7. The van der Waals surface area contributed by atoms with Crippen molar-refractivity contribution < 1.29 is 4.74 Å². The second-order valence-electron chi connectivity index (χ2n) is 8.39. The van der Waals surface area contributed by atoms with E-state index in [1.54, 1.807) is 7.11 Å². The molecule has 2 rings (SSSR count). The van der Waals surface area contributed by atoms with Gasteiger partial charge in [-0.25, -0.2) is 0 Å². The minimum Gasteiger partial charge on any atom is -0.497 e. The quantitative estimate of drug-likeness (QED) is 0.360. The predicted molar refractivity (Wildman–Crippen MR) is 124 cm³/mol. The van der Waals surface area contributed by atoms with E-state index < -0.39 is 0 Å². The van der Waals surface area contributed by atoms with Crippen LogP contribution in [0.3, 0.4) is 0 Å². The summed E-state index contributed by atoms with van der Waals surface area (Å²) in [6.45, 7) is 13.9. The van der Waals surface area contributed by atoms with E-state index in [-0.39, 0.29) is 5.41 Å². The smallest absolute Gasteiger partial charge is 0.118 e. The molecule has 0 radical (unpaired) electrons. The number of hydrogen-bond donors (Lipinski definition) is 1. The van der Waals surface area contributed by atoms with Crippen LogP contribution in [-0.4, -0.2) is 18.4 Å². The van der Waals surface area contributed by atoms with Crippen molar-refractivity contribution in [3.8, 4) is 5.75 Å². The number of methoxy groups -OCH3 is 1. The van der Waals surface area contributed by atoms with Gasteiger partial charge in [-0.2, -0.15) is 0 Å².